The summed E-state index contributed by atoms with van der Waals surface area (Å²) in [4.78, 5) is 34.4. The number of carboxylic acid groups (broad SMARTS) is 1. The second-order valence-electron chi connectivity index (χ2n) is 4.38. The van der Waals surface area contributed by atoms with Gasteiger partial charge in [-0.3, -0.25) is 19.3 Å². The molecule has 2 amide bonds. The average Bonchev–Trinajstić information content (AvgIpc) is 2.44. The number of aliphatic carboxylic acids is 1. The zero-order chi connectivity index (χ0) is 16.1. The fraction of sp³-hybridized carbons (Fsp3) is 0.750. The molecule has 0 atom stereocenters. The summed E-state index contributed by atoms with van der Waals surface area (Å²) < 4.78 is 0. The molecule has 9 nitrogen and oxygen atoms in total. The first-order valence-corrected chi connectivity index (χ1v) is 6.76. The lowest BCUT2D eigenvalue weighted by Crippen LogP contribution is -2.43. The molecule has 122 valence electrons. The number of hydrogen-bond donors (Lipinski definition) is 5. The molecule has 0 heterocycles. The molecule has 0 radical (unpaired) electrons. The Bertz CT molecular complexity index is 338. The molecule has 0 saturated carbocycles. The third kappa shape index (κ3) is 11.8. The van der Waals surface area contributed by atoms with Gasteiger partial charge in [0.15, 0.2) is 0 Å². The van der Waals surface area contributed by atoms with Crippen LogP contribution in [0.1, 0.15) is 0 Å². The number of nitrogens with one attached hydrogen (secondary N) is 4. The molecular formula is C12H25N5O4. The Morgan fingerprint density at radius 2 is 1.52 bits per heavy atom. The molecule has 0 aliphatic heterocycles. The first kappa shape index (κ1) is 19.3. The Morgan fingerprint density at radius 3 is 2.10 bits per heavy atom. The third-order valence-electron chi connectivity index (χ3n) is 2.65. The third-order valence-corrected chi connectivity index (χ3v) is 2.65. The molecule has 0 spiro atoms. The van der Waals surface area contributed by atoms with E-state index in [1.807, 2.05) is 0 Å². The molecule has 0 aromatic heterocycles. The Hall–Kier alpha value is -1.71. The van der Waals surface area contributed by atoms with Crippen LogP contribution in [0.15, 0.2) is 0 Å². The van der Waals surface area contributed by atoms with E-state index in [4.69, 9.17) is 5.11 Å². The van der Waals surface area contributed by atoms with Crippen molar-refractivity contribution < 1.29 is 19.5 Å². The van der Waals surface area contributed by atoms with Crippen molar-refractivity contribution in [3.63, 3.8) is 0 Å². The Kier molecular flexibility index (Phi) is 11.1. The Balaban J connectivity index is 3.74. The maximum absolute atomic E-state index is 11.3. The van der Waals surface area contributed by atoms with Crippen LogP contribution in [0.5, 0.6) is 0 Å². The molecule has 0 aliphatic carbocycles. The summed E-state index contributed by atoms with van der Waals surface area (Å²) in [6, 6.07) is 0. The van der Waals surface area contributed by atoms with Crippen LogP contribution < -0.4 is 21.3 Å². The summed E-state index contributed by atoms with van der Waals surface area (Å²) in [5.41, 5.74) is 0. The fourth-order valence-corrected chi connectivity index (χ4v) is 1.52. The number of carbonyl (C=O) groups is 3. The molecule has 0 bridgehead atoms. The minimum Gasteiger partial charge on any atom is -0.480 e. The summed E-state index contributed by atoms with van der Waals surface area (Å²) in [6.45, 7) is 2.43. The van der Waals surface area contributed by atoms with Crippen LogP contribution in [0.3, 0.4) is 0 Å². The number of carboxylic acids is 1. The van der Waals surface area contributed by atoms with Gasteiger partial charge in [0.2, 0.25) is 11.8 Å². The van der Waals surface area contributed by atoms with E-state index >= 15 is 0 Å². The van der Waals surface area contributed by atoms with Gasteiger partial charge >= 0.3 is 5.97 Å². The van der Waals surface area contributed by atoms with Crippen LogP contribution >= 0.6 is 0 Å². The van der Waals surface area contributed by atoms with E-state index in [1.165, 1.54) is 7.05 Å². The molecule has 9 heteroatoms. The lowest BCUT2D eigenvalue weighted by Gasteiger charge is -2.19. The van der Waals surface area contributed by atoms with Crippen molar-refractivity contribution in [3.05, 3.63) is 0 Å². The molecule has 0 aromatic rings. The summed E-state index contributed by atoms with van der Waals surface area (Å²) in [5, 5.41) is 19.8. The normalized spacial score (nSPS) is 10.4. The minimum atomic E-state index is -0.967. The van der Waals surface area contributed by atoms with Crippen molar-refractivity contribution in [2.24, 2.45) is 0 Å². The van der Waals surface area contributed by atoms with Gasteiger partial charge in [0.05, 0.1) is 19.6 Å². The van der Waals surface area contributed by atoms with Gasteiger partial charge in [0.25, 0.3) is 0 Å². The SMILES string of the molecule is CNC(=O)CNCCNCCN(CC(=O)O)CC(=O)NC. The van der Waals surface area contributed by atoms with Crippen molar-refractivity contribution >= 4 is 17.8 Å². The highest BCUT2D eigenvalue weighted by Gasteiger charge is 2.12. The minimum absolute atomic E-state index is 0.0550. The van der Waals surface area contributed by atoms with Crippen molar-refractivity contribution in [3.8, 4) is 0 Å². The van der Waals surface area contributed by atoms with Gasteiger partial charge in [0.1, 0.15) is 0 Å². The van der Waals surface area contributed by atoms with Gasteiger partial charge in [0, 0.05) is 40.3 Å². The van der Waals surface area contributed by atoms with Crippen molar-refractivity contribution in [1.29, 1.82) is 0 Å². The van der Waals surface area contributed by atoms with E-state index < -0.39 is 5.97 Å². The average molecular weight is 303 g/mol. The second kappa shape index (κ2) is 12.1. The number of rotatable bonds is 12. The lowest BCUT2D eigenvalue weighted by molar-refractivity contribution is -0.138. The number of amides is 2. The van der Waals surface area contributed by atoms with Crippen LogP contribution in [-0.2, 0) is 14.4 Å². The number of likely N-dealkylation sites (N-methyl/N-ethyl adjacent to an activating group) is 2. The van der Waals surface area contributed by atoms with Crippen molar-refractivity contribution in [2.45, 2.75) is 0 Å². The molecule has 0 saturated heterocycles. The largest absolute Gasteiger partial charge is 0.480 e. The van der Waals surface area contributed by atoms with Gasteiger partial charge in [-0.2, -0.15) is 0 Å². The molecule has 0 fully saturated rings. The zero-order valence-electron chi connectivity index (χ0n) is 12.6. The van der Waals surface area contributed by atoms with Crippen LogP contribution in [0.4, 0.5) is 0 Å². The lowest BCUT2D eigenvalue weighted by atomic mass is 10.4. The first-order chi connectivity index (χ1) is 9.99. The maximum Gasteiger partial charge on any atom is 0.317 e. The van der Waals surface area contributed by atoms with E-state index in [1.54, 1.807) is 11.9 Å². The molecule has 0 rings (SSSR count). The topological polar surface area (TPSA) is 123 Å². The number of nitrogens with zero attached hydrogens (tertiary/aromatic N) is 1. The zero-order valence-corrected chi connectivity index (χ0v) is 12.6. The van der Waals surface area contributed by atoms with Gasteiger partial charge in [-0.1, -0.05) is 0 Å². The van der Waals surface area contributed by atoms with Gasteiger partial charge in [-0.15, -0.1) is 0 Å². The summed E-state index contributed by atoms with van der Waals surface area (Å²) in [7, 11) is 3.09. The van der Waals surface area contributed by atoms with Crippen LogP contribution in [0, 0.1) is 0 Å². The quantitative estimate of drug-likeness (QED) is 0.244. The smallest absolute Gasteiger partial charge is 0.317 e. The maximum atomic E-state index is 11.3. The molecule has 5 N–H and O–H groups in total. The Morgan fingerprint density at radius 1 is 0.905 bits per heavy atom. The Labute approximate surface area is 124 Å². The van der Waals surface area contributed by atoms with Crippen molar-refractivity contribution in [2.75, 3.05) is 59.9 Å². The molecule has 0 unspecified atom stereocenters. The van der Waals surface area contributed by atoms with E-state index in [0.717, 1.165) is 0 Å². The predicted octanol–water partition coefficient (Wildman–Crippen LogP) is -2.96. The molecule has 0 aromatic carbocycles. The van der Waals surface area contributed by atoms with Crippen LogP contribution in [0.2, 0.25) is 0 Å². The first-order valence-electron chi connectivity index (χ1n) is 6.76. The molecular weight excluding hydrogens is 278 g/mol. The standard InChI is InChI=1S/C12H25N5O4/c1-13-10(18)7-16-4-3-15-5-6-17(9-12(20)21)8-11(19)14-2/h15-16H,3-9H2,1-2H3,(H,13,18)(H,14,19)(H,20,21). The predicted molar refractivity (Wildman–Crippen MR) is 77.9 cm³/mol. The summed E-state index contributed by atoms with van der Waals surface area (Å²) in [5.74, 6) is -1.26. The number of carbonyl (C=O) groups excluding carboxylic acids is 2. The summed E-state index contributed by atoms with van der Waals surface area (Å²) in [6.07, 6.45) is 0. The second-order valence-corrected chi connectivity index (χ2v) is 4.38. The monoisotopic (exact) mass is 303 g/mol. The van der Waals surface area contributed by atoms with E-state index in [2.05, 4.69) is 21.3 Å². The molecule has 21 heavy (non-hydrogen) atoms. The van der Waals surface area contributed by atoms with E-state index in [9.17, 15) is 14.4 Å². The highest BCUT2D eigenvalue weighted by Crippen LogP contribution is 1.87. The van der Waals surface area contributed by atoms with Crippen LogP contribution in [-0.4, -0.2) is 87.7 Å². The highest BCUT2D eigenvalue weighted by atomic mass is 16.4. The number of hydrogen-bond acceptors (Lipinski definition) is 6. The van der Waals surface area contributed by atoms with Gasteiger partial charge in [-0.05, 0) is 0 Å². The highest BCUT2D eigenvalue weighted by molar-refractivity contribution is 5.78. The van der Waals surface area contributed by atoms with Gasteiger partial charge < -0.3 is 26.4 Å². The van der Waals surface area contributed by atoms with Gasteiger partial charge in [-0.25, -0.2) is 0 Å². The summed E-state index contributed by atoms with van der Waals surface area (Å²) >= 11 is 0. The van der Waals surface area contributed by atoms with E-state index in [-0.39, 0.29) is 31.4 Å². The van der Waals surface area contributed by atoms with Crippen molar-refractivity contribution in [1.82, 2.24) is 26.2 Å². The fourth-order valence-electron chi connectivity index (χ4n) is 1.52. The van der Waals surface area contributed by atoms with E-state index in [0.29, 0.717) is 26.2 Å². The molecule has 0 aliphatic rings. The van der Waals surface area contributed by atoms with Crippen LogP contribution in [0.25, 0.3) is 0 Å².